The second-order valence-corrected chi connectivity index (χ2v) is 3.49. The minimum atomic E-state index is 0.0566. The number of likely N-dealkylation sites (N-methyl/N-ethyl adjacent to an activating group) is 1. The maximum Gasteiger partial charge on any atom is 0.124 e. The van der Waals surface area contributed by atoms with Gasteiger partial charge in [-0.15, -0.1) is 0 Å². The van der Waals surface area contributed by atoms with E-state index in [0.29, 0.717) is 6.61 Å². The zero-order valence-electron chi connectivity index (χ0n) is 10.3. The lowest BCUT2D eigenvalue weighted by Crippen LogP contribution is -2.23. The molecule has 0 aliphatic heterocycles. The molecule has 1 aromatic carbocycles. The highest BCUT2D eigenvalue weighted by molar-refractivity contribution is 5.35. The van der Waals surface area contributed by atoms with Gasteiger partial charge in [0, 0.05) is 18.7 Å². The summed E-state index contributed by atoms with van der Waals surface area (Å²) in [5.41, 5.74) is 1.10. The van der Waals surface area contributed by atoms with Gasteiger partial charge < -0.3 is 14.8 Å². The monoisotopic (exact) mass is 223 g/mol. The lowest BCUT2D eigenvalue weighted by Gasteiger charge is -2.20. The molecule has 0 aromatic heterocycles. The van der Waals surface area contributed by atoms with Gasteiger partial charge >= 0.3 is 0 Å². The summed E-state index contributed by atoms with van der Waals surface area (Å²) in [6, 6.07) is 8.00. The first kappa shape index (κ1) is 13.0. The molecule has 1 unspecified atom stereocenters. The Labute approximate surface area is 97.8 Å². The molecule has 0 amide bonds. The quantitative estimate of drug-likeness (QED) is 0.770. The molecule has 1 rings (SSSR count). The third-order valence-corrected chi connectivity index (χ3v) is 2.43. The van der Waals surface area contributed by atoms with E-state index in [0.717, 1.165) is 24.4 Å². The van der Waals surface area contributed by atoms with Crippen molar-refractivity contribution in [3.8, 4) is 5.75 Å². The maximum atomic E-state index is 5.73. The first-order chi connectivity index (χ1) is 7.83. The normalized spacial score (nSPS) is 12.4. The van der Waals surface area contributed by atoms with Gasteiger partial charge in [-0.1, -0.05) is 25.1 Å². The summed E-state index contributed by atoms with van der Waals surface area (Å²) in [5, 5.41) is 3.30. The van der Waals surface area contributed by atoms with E-state index in [1.54, 1.807) is 7.11 Å². The Balaban J connectivity index is 2.81. The van der Waals surface area contributed by atoms with E-state index in [2.05, 4.69) is 18.3 Å². The Morgan fingerprint density at radius 1 is 1.25 bits per heavy atom. The SMILES string of the molecule is CCNCC(OCC)c1ccccc1OC. The van der Waals surface area contributed by atoms with Crippen molar-refractivity contribution in [3.63, 3.8) is 0 Å². The summed E-state index contributed by atoms with van der Waals surface area (Å²) in [7, 11) is 1.69. The van der Waals surface area contributed by atoms with Crippen LogP contribution in [0.4, 0.5) is 0 Å². The van der Waals surface area contributed by atoms with Gasteiger partial charge in [0.15, 0.2) is 0 Å². The third kappa shape index (κ3) is 3.51. The van der Waals surface area contributed by atoms with Crippen LogP contribution in [0.25, 0.3) is 0 Å². The smallest absolute Gasteiger partial charge is 0.124 e. The zero-order chi connectivity index (χ0) is 11.8. The van der Waals surface area contributed by atoms with Crippen LogP contribution in [-0.2, 0) is 4.74 Å². The fourth-order valence-corrected chi connectivity index (χ4v) is 1.67. The predicted octanol–water partition coefficient (Wildman–Crippen LogP) is 2.38. The molecule has 0 saturated heterocycles. The zero-order valence-corrected chi connectivity index (χ0v) is 10.3. The number of benzene rings is 1. The van der Waals surface area contributed by atoms with Gasteiger partial charge in [-0.2, -0.15) is 0 Å². The number of nitrogens with one attached hydrogen (secondary N) is 1. The van der Waals surface area contributed by atoms with Crippen LogP contribution in [0.3, 0.4) is 0 Å². The van der Waals surface area contributed by atoms with Crippen molar-refractivity contribution in [2.45, 2.75) is 20.0 Å². The number of para-hydroxylation sites is 1. The highest BCUT2D eigenvalue weighted by atomic mass is 16.5. The molecule has 0 heterocycles. The summed E-state index contributed by atoms with van der Waals surface area (Å²) in [6.07, 6.45) is 0.0566. The van der Waals surface area contributed by atoms with Gasteiger partial charge in [-0.25, -0.2) is 0 Å². The van der Waals surface area contributed by atoms with Crippen LogP contribution >= 0.6 is 0 Å². The average molecular weight is 223 g/mol. The highest BCUT2D eigenvalue weighted by Crippen LogP contribution is 2.26. The minimum Gasteiger partial charge on any atom is -0.496 e. The number of hydrogen-bond acceptors (Lipinski definition) is 3. The molecule has 0 saturated carbocycles. The van der Waals surface area contributed by atoms with Gasteiger partial charge in [0.1, 0.15) is 5.75 Å². The number of rotatable bonds is 7. The van der Waals surface area contributed by atoms with E-state index >= 15 is 0 Å². The topological polar surface area (TPSA) is 30.5 Å². The lowest BCUT2D eigenvalue weighted by atomic mass is 10.1. The van der Waals surface area contributed by atoms with Crippen LogP contribution < -0.4 is 10.1 Å². The molecule has 16 heavy (non-hydrogen) atoms. The molecule has 1 atom stereocenters. The van der Waals surface area contributed by atoms with Gasteiger partial charge in [0.25, 0.3) is 0 Å². The van der Waals surface area contributed by atoms with Crippen LogP contribution in [0.1, 0.15) is 25.5 Å². The molecule has 0 fully saturated rings. The van der Waals surface area contributed by atoms with Crippen LogP contribution in [-0.4, -0.2) is 26.8 Å². The fraction of sp³-hybridized carbons (Fsp3) is 0.538. The van der Waals surface area contributed by atoms with Crippen LogP contribution in [0.2, 0.25) is 0 Å². The summed E-state index contributed by atoms with van der Waals surface area (Å²) in [5.74, 6) is 0.888. The summed E-state index contributed by atoms with van der Waals surface area (Å²) >= 11 is 0. The molecule has 0 aliphatic carbocycles. The molecule has 0 radical (unpaired) electrons. The molecule has 3 nitrogen and oxygen atoms in total. The van der Waals surface area contributed by atoms with Crippen LogP contribution in [0.15, 0.2) is 24.3 Å². The first-order valence-electron chi connectivity index (χ1n) is 5.78. The van der Waals surface area contributed by atoms with Crippen molar-refractivity contribution in [3.05, 3.63) is 29.8 Å². The van der Waals surface area contributed by atoms with Crippen molar-refractivity contribution in [2.24, 2.45) is 0 Å². The molecular weight excluding hydrogens is 202 g/mol. The molecule has 0 bridgehead atoms. The van der Waals surface area contributed by atoms with E-state index in [1.807, 2.05) is 25.1 Å². The van der Waals surface area contributed by atoms with Crippen molar-refractivity contribution in [1.82, 2.24) is 5.32 Å². The summed E-state index contributed by atoms with van der Waals surface area (Å²) < 4.78 is 11.1. The summed E-state index contributed by atoms with van der Waals surface area (Å²) in [4.78, 5) is 0. The first-order valence-corrected chi connectivity index (χ1v) is 5.78. The van der Waals surface area contributed by atoms with Crippen LogP contribution in [0.5, 0.6) is 5.75 Å². The molecular formula is C13H21NO2. The number of hydrogen-bond donors (Lipinski definition) is 1. The maximum absolute atomic E-state index is 5.73. The Morgan fingerprint density at radius 2 is 2.00 bits per heavy atom. The van der Waals surface area contributed by atoms with Gasteiger partial charge in [0.2, 0.25) is 0 Å². The molecule has 3 heteroatoms. The summed E-state index contributed by atoms with van der Waals surface area (Å²) in [6.45, 7) is 6.55. The van der Waals surface area contributed by atoms with Crippen molar-refractivity contribution in [2.75, 3.05) is 26.8 Å². The number of ether oxygens (including phenoxy) is 2. The van der Waals surface area contributed by atoms with E-state index in [4.69, 9.17) is 9.47 Å². The van der Waals surface area contributed by atoms with E-state index < -0.39 is 0 Å². The van der Waals surface area contributed by atoms with Crippen molar-refractivity contribution < 1.29 is 9.47 Å². The molecule has 1 N–H and O–H groups in total. The standard InChI is InChI=1S/C13H21NO2/c1-4-14-10-13(16-5-2)11-8-6-7-9-12(11)15-3/h6-9,13-14H,4-5,10H2,1-3H3. The van der Waals surface area contributed by atoms with E-state index in [-0.39, 0.29) is 6.10 Å². The second kappa shape index (κ2) is 7.25. The van der Waals surface area contributed by atoms with Crippen molar-refractivity contribution >= 4 is 0 Å². The van der Waals surface area contributed by atoms with E-state index in [1.165, 1.54) is 0 Å². The second-order valence-electron chi connectivity index (χ2n) is 3.49. The molecule has 1 aromatic rings. The fourth-order valence-electron chi connectivity index (χ4n) is 1.67. The predicted molar refractivity (Wildman–Crippen MR) is 65.9 cm³/mol. The van der Waals surface area contributed by atoms with Crippen LogP contribution in [0, 0.1) is 0 Å². The minimum absolute atomic E-state index is 0.0566. The van der Waals surface area contributed by atoms with Gasteiger partial charge in [-0.3, -0.25) is 0 Å². The van der Waals surface area contributed by atoms with Gasteiger partial charge in [0.05, 0.1) is 13.2 Å². The molecule has 0 aliphatic rings. The Kier molecular flexibility index (Phi) is 5.90. The Hall–Kier alpha value is -1.06. The highest BCUT2D eigenvalue weighted by Gasteiger charge is 2.14. The Morgan fingerprint density at radius 3 is 2.62 bits per heavy atom. The molecule has 0 spiro atoms. The van der Waals surface area contributed by atoms with E-state index in [9.17, 15) is 0 Å². The third-order valence-electron chi connectivity index (χ3n) is 2.43. The number of methoxy groups -OCH3 is 1. The molecule has 90 valence electrons. The van der Waals surface area contributed by atoms with Crippen molar-refractivity contribution in [1.29, 1.82) is 0 Å². The Bertz CT molecular complexity index is 302. The largest absolute Gasteiger partial charge is 0.496 e. The average Bonchev–Trinajstić information content (AvgIpc) is 2.34. The van der Waals surface area contributed by atoms with Gasteiger partial charge in [-0.05, 0) is 19.5 Å². The lowest BCUT2D eigenvalue weighted by molar-refractivity contribution is 0.0610.